The Morgan fingerprint density at radius 1 is 0.274 bits per heavy atom. The number of aromatic nitrogens is 10. The molecule has 10 aromatic carbocycles. The van der Waals surface area contributed by atoms with Crippen molar-refractivity contribution in [2.75, 3.05) is 32.7 Å². The van der Waals surface area contributed by atoms with Crippen molar-refractivity contribution in [2.24, 2.45) is 17.8 Å². The number of carbonyl (C=O) groups excluding carboxylic acids is 5. The molecular weight excluding hydrogens is 2110 g/mol. The molecule has 0 bridgehead atoms. The van der Waals surface area contributed by atoms with Crippen LogP contribution in [0.1, 0.15) is 273 Å². The lowest BCUT2D eigenvalue weighted by Gasteiger charge is -2.25. The van der Waals surface area contributed by atoms with Gasteiger partial charge in [-0.05, 0) is 233 Å². The van der Waals surface area contributed by atoms with Gasteiger partial charge in [0.1, 0.15) is 58.2 Å². The first-order valence-corrected chi connectivity index (χ1v) is 54.7. The standard InChI is InChI=1S/C27H36FN3O.2C23H27BrFN3O.2C22H25BrFN3O/c1-5-7-8-9-21-10-12-22(13-11-21)27(32)30(18-20(3)4)19-26-29-24-17-23(28)14-15-25(24)31(26)16-6-2;1-4-11-28-21-9-8-19(25)14-20(21)26-22(28)15-27(12-10-16(2)3)23(29)17-6-5-7-18(24)13-17;1-3-5-6-13-27(23(29)17-8-7-9-18(24)14-17)16-22-26-20-15-19(25)10-11-21(20)28(22)12-4-2;1-4-10-27-20-9-8-18(24)12-19(20)25-21(27)14-26(13-15(2)3)22(28)16-6-5-7-17(23)11-16;1-3-5-12-26(22(28)16-7-6-8-17(23)13-16)15-21-25-19-14-18(24)9-10-20(19)27(21)11-4-2/h10-15,17,20H,5-9,16,18-19H2,1-4H3;5-9,13-14,16H,4,10-12,15H2,1-3H3;7-11,14-15H,3-6,12-13,16H2,1-2H3;5-9,11-12,15H,4,10,13-14H2,1-3H3;6-10,13-14H,3-5,11-12,15H2,1-2H3. The molecule has 20 nitrogen and oxygen atoms in total. The van der Waals surface area contributed by atoms with E-state index in [9.17, 15) is 45.9 Å². The molecule has 5 heterocycles. The molecule has 0 saturated carbocycles. The Kier molecular flexibility index (Phi) is 44.9. The van der Waals surface area contributed by atoms with Crippen molar-refractivity contribution >= 4 is 148 Å². The third kappa shape index (κ3) is 32.5. The van der Waals surface area contributed by atoms with E-state index in [1.54, 1.807) is 30.3 Å². The van der Waals surface area contributed by atoms with E-state index in [1.807, 2.05) is 134 Å². The summed E-state index contributed by atoms with van der Waals surface area (Å²) >= 11 is 13.8. The van der Waals surface area contributed by atoms with Crippen LogP contribution in [-0.4, -0.2) is 135 Å². The molecule has 0 unspecified atom stereocenters. The maximum absolute atomic E-state index is 13.8. The van der Waals surface area contributed by atoms with E-state index < -0.39 is 0 Å². The largest absolute Gasteiger partial charge is 0.331 e. The minimum atomic E-state index is -0.301. The highest BCUT2D eigenvalue weighted by Gasteiger charge is 2.29. The van der Waals surface area contributed by atoms with E-state index in [2.05, 4.69) is 216 Å². The summed E-state index contributed by atoms with van der Waals surface area (Å²) < 4.78 is 82.5. The van der Waals surface area contributed by atoms with Gasteiger partial charge in [0.2, 0.25) is 0 Å². The number of imidazole rings is 5. The van der Waals surface area contributed by atoms with E-state index in [1.165, 1.54) is 85.5 Å². The summed E-state index contributed by atoms with van der Waals surface area (Å²) in [5.74, 6) is 3.55. The van der Waals surface area contributed by atoms with Crippen LogP contribution >= 0.6 is 63.7 Å². The van der Waals surface area contributed by atoms with Crippen LogP contribution in [0.15, 0.2) is 230 Å². The Bertz CT molecular complexity index is 6830. The van der Waals surface area contributed by atoms with Crippen molar-refractivity contribution in [1.29, 1.82) is 0 Å². The summed E-state index contributed by atoms with van der Waals surface area (Å²) in [4.78, 5) is 98.9. The highest BCUT2D eigenvalue weighted by atomic mass is 79.9. The normalized spacial score (nSPS) is 11.3. The lowest BCUT2D eigenvalue weighted by atomic mass is 10.0. The minimum Gasteiger partial charge on any atom is -0.331 e. The molecule has 15 aromatic rings. The monoisotopic (exact) mass is 2250 g/mol. The number of nitrogens with zero attached hydrogens (tertiary/aromatic N) is 15. The van der Waals surface area contributed by atoms with Crippen LogP contribution in [-0.2, 0) is 71.9 Å². The van der Waals surface area contributed by atoms with Gasteiger partial charge >= 0.3 is 0 Å². The molecule has 0 radical (unpaired) electrons. The maximum atomic E-state index is 13.8. The van der Waals surface area contributed by atoms with Crippen LogP contribution < -0.4 is 0 Å². The summed E-state index contributed by atoms with van der Waals surface area (Å²) in [6.45, 7) is 38.8. The molecule has 0 aliphatic rings. The van der Waals surface area contributed by atoms with Crippen LogP contribution in [0.4, 0.5) is 22.0 Å². The third-order valence-corrected chi connectivity index (χ3v) is 26.8. The number of rotatable bonds is 43. The number of carbonyl (C=O) groups is 5. The predicted molar refractivity (Wildman–Crippen MR) is 593 cm³/mol. The van der Waals surface area contributed by atoms with E-state index in [0.29, 0.717) is 139 Å². The molecule has 0 spiro atoms. The van der Waals surface area contributed by atoms with Crippen molar-refractivity contribution in [3.63, 3.8) is 0 Å². The van der Waals surface area contributed by atoms with Gasteiger partial charge < -0.3 is 47.3 Å². The average molecular weight is 2250 g/mol. The van der Waals surface area contributed by atoms with Gasteiger partial charge in [0.05, 0.1) is 87.9 Å². The Labute approximate surface area is 890 Å². The van der Waals surface area contributed by atoms with Crippen molar-refractivity contribution in [1.82, 2.24) is 72.3 Å². The second-order valence-corrected chi connectivity index (χ2v) is 42.0. The molecule has 5 amide bonds. The number of fused-ring (bicyclic) bond motifs is 5. The Hall–Kier alpha value is -11.5. The molecule has 0 aliphatic carbocycles. The fourth-order valence-corrected chi connectivity index (χ4v) is 19.4. The maximum Gasteiger partial charge on any atom is 0.254 e. The first kappa shape index (κ1) is 115. The average Bonchev–Trinajstić information content (AvgIpc) is 1.66. The van der Waals surface area contributed by atoms with Gasteiger partial charge in [-0.2, -0.15) is 0 Å². The van der Waals surface area contributed by atoms with Gasteiger partial charge in [-0.1, -0.05) is 229 Å². The van der Waals surface area contributed by atoms with Gasteiger partial charge in [0.25, 0.3) is 29.5 Å². The molecule has 0 aliphatic heterocycles. The van der Waals surface area contributed by atoms with E-state index in [-0.39, 0.29) is 58.6 Å². The molecule has 146 heavy (non-hydrogen) atoms. The molecular formula is C117H140Br4F5N15O5. The van der Waals surface area contributed by atoms with E-state index in [0.717, 1.165) is 184 Å². The second kappa shape index (κ2) is 57.1. The third-order valence-electron chi connectivity index (χ3n) is 24.8. The summed E-state index contributed by atoms with van der Waals surface area (Å²) in [6.07, 6.45) is 15.3. The van der Waals surface area contributed by atoms with Crippen molar-refractivity contribution in [3.05, 3.63) is 322 Å². The number of hydrogen-bond donors (Lipinski definition) is 0. The highest BCUT2D eigenvalue weighted by molar-refractivity contribution is 9.11. The quantitative estimate of drug-likeness (QED) is 0.0262. The Balaban J connectivity index is 0.000000174. The van der Waals surface area contributed by atoms with Crippen molar-refractivity contribution < 1.29 is 45.9 Å². The first-order chi connectivity index (χ1) is 70.2. The zero-order valence-electron chi connectivity index (χ0n) is 86.8. The van der Waals surface area contributed by atoms with Crippen molar-refractivity contribution in [2.45, 2.75) is 259 Å². The highest BCUT2D eigenvalue weighted by Crippen LogP contribution is 2.31. The molecule has 0 saturated heterocycles. The van der Waals surface area contributed by atoms with Crippen LogP contribution in [0.2, 0.25) is 0 Å². The number of benzene rings is 10. The second-order valence-electron chi connectivity index (χ2n) is 38.3. The first-order valence-electron chi connectivity index (χ1n) is 51.6. The summed E-state index contributed by atoms with van der Waals surface area (Å²) in [6, 6.07) is 61.3. The molecule has 15 rings (SSSR count). The van der Waals surface area contributed by atoms with Gasteiger partial charge in [-0.3, -0.25) is 24.0 Å². The summed E-state index contributed by atoms with van der Waals surface area (Å²) in [5, 5.41) is 0. The minimum absolute atomic E-state index is 0.0105. The van der Waals surface area contributed by atoms with E-state index in [4.69, 9.17) is 4.98 Å². The molecule has 0 fully saturated rings. The number of amides is 5. The Morgan fingerprint density at radius 3 is 0.788 bits per heavy atom. The van der Waals surface area contributed by atoms with Crippen LogP contribution in [0.5, 0.6) is 0 Å². The lowest BCUT2D eigenvalue weighted by Crippen LogP contribution is -2.34. The lowest BCUT2D eigenvalue weighted by molar-refractivity contribution is 0.0710. The molecule has 776 valence electrons. The van der Waals surface area contributed by atoms with Gasteiger partial charge in [-0.15, -0.1) is 0 Å². The SMILES string of the molecule is CCCCCN(Cc1nc2cc(F)ccc2n1CCC)C(=O)c1cccc(Br)c1.CCCCCc1ccc(C(=O)N(Cc2nc3cc(F)ccc3n2CCC)CC(C)C)cc1.CCCCN(Cc1nc2cc(F)ccc2n1CCC)C(=O)c1cccc(Br)c1.CCCn1c(CN(CC(C)C)C(=O)c2cccc(Br)c2)nc2cc(F)ccc21.CCCn1c(CN(CCC(C)C)C(=O)c2cccc(Br)c2)nc2cc(F)ccc21. The smallest absolute Gasteiger partial charge is 0.254 e. The number of hydrogen-bond acceptors (Lipinski definition) is 10. The number of halogens is 9. The zero-order chi connectivity index (χ0) is 105. The van der Waals surface area contributed by atoms with E-state index >= 15 is 0 Å². The molecule has 0 atom stereocenters. The van der Waals surface area contributed by atoms with Gasteiger partial charge in [0.15, 0.2) is 0 Å². The Morgan fingerprint density at radius 2 is 0.527 bits per heavy atom. The fourth-order valence-electron chi connectivity index (χ4n) is 17.8. The molecule has 29 heteroatoms. The van der Waals surface area contributed by atoms with Crippen molar-refractivity contribution in [3.8, 4) is 0 Å². The number of aryl methyl sites for hydroxylation is 6. The fraction of sp³-hybridized carbons (Fsp3) is 0.402. The van der Waals surface area contributed by atoms with Crippen LogP contribution in [0, 0.1) is 46.8 Å². The van der Waals surface area contributed by atoms with Gasteiger partial charge in [-0.25, -0.2) is 46.9 Å². The molecule has 5 aromatic heterocycles. The summed E-state index contributed by atoms with van der Waals surface area (Å²) in [7, 11) is 0. The van der Waals surface area contributed by atoms with Gasteiger partial charge in [0, 0.05) is 141 Å². The summed E-state index contributed by atoms with van der Waals surface area (Å²) in [5.41, 5.74) is 12.3. The number of unbranched alkanes of at least 4 members (excludes halogenated alkanes) is 5. The van der Waals surface area contributed by atoms with Crippen LogP contribution in [0.25, 0.3) is 55.2 Å². The molecule has 0 N–H and O–H groups in total. The van der Waals surface area contributed by atoms with Crippen LogP contribution in [0.3, 0.4) is 0 Å². The predicted octanol–water partition coefficient (Wildman–Crippen LogP) is 30.3. The zero-order valence-corrected chi connectivity index (χ0v) is 93.1. The topological polar surface area (TPSA) is 191 Å².